The zero-order chi connectivity index (χ0) is 67.0. The van der Waals surface area contributed by atoms with Crippen molar-refractivity contribution in [2.24, 2.45) is 11.7 Å². The topological polar surface area (TPSA) is 324 Å². The van der Waals surface area contributed by atoms with Gasteiger partial charge in [0.2, 0.25) is 35.4 Å². The van der Waals surface area contributed by atoms with E-state index in [9.17, 15) is 48.3 Å². The Hall–Kier alpha value is -7.79. The molecule has 0 saturated carbocycles. The molecule has 0 saturated heterocycles. The first kappa shape index (κ1) is 76.7. The van der Waals surface area contributed by atoms with E-state index in [2.05, 4.69) is 49.5 Å². The average molecular weight is 1320 g/mol. The van der Waals surface area contributed by atoms with Crippen LogP contribution in [0.25, 0.3) is 0 Å². The highest BCUT2D eigenvalue weighted by molar-refractivity contribution is 6.30. The number of ether oxygens (including phenoxy) is 3. The Morgan fingerprint density at radius 1 is 0.467 bits per heavy atom. The molecule has 0 fully saturated rings. The quantitative estimate of drug-likeness (QED) is 0.0185. The smallest absolute Gasteiger partial charge is 0.407 e. The van der Waals surface area contributed by atoms with Crippen molar-refractivity contribution in [3.05, 3.63) is 141 Å². The van der Waals surface area contributed by atoms with E-state index < -0.39 is 90.0 Å². The fourth-order valence-corrected chi connectivity index (χ4v) is 9.98. The highest BCUT2D eigenvalue weighted by Gasteiger charge is 2.35. The van der Waals surface area contributed by atoms with E-state index in [4.69, 9.17) is 43.1 Å². The number of benzene rings is 4. The van der Waals surface area contributed by atoms with Crippen molar-refractivity contribution in [3.8, 4) is 0 Å². The number of nitrogens with two attached hydrogens (primary N) is 1. The molecule has 92 heavy (non-hydrogen) atoms. The van der Waals surface area contributed by atoms with Crippen LogP contribution in [0.5, 0.6) is 0 Å². The van der Waals surface area contributed by atoms with Gasteiger partial charge in [0.1, 0.15) is 43.4 Å². The standard InChI is InChI=1S/C68H95Cl2N9O13/c1-5-6-7-8-15-29-59(80)74-54(26-16-19-38-71)61(81)75-55(27-17-20-39-72-67(88)91-44-50-30-34-52(69)35-31-50)62(82)78-58(42-48-22-11-9-12-23-48)65(85)77-57(41-46(2)3)64(84)76-56(28-18-21-40-73-68(89)92-45-51-32-36-53(70)37-33-51)63(83)79-60(66(86)87)47(4)90-43-49-24-13-10-14-25-49/h9-14,22-25,30-37,46-47,54-58,60H,5-8,15-21,26-29,38-45,71H2,1-4H3,(H,72,88)(H,73,89)(H,74,80)(H,75,81)(H,76,84)(H,77,85)(H,78,82)(H,79,83)(H,86,87)/t47-,54+,55+,56+,57+,58-,60+/m1/s1. The predicted molar refractivity (Wildman–Crippen MR) is 353 cm³/mol. The summed E-state index contributed by atoms with van der Waals surface area (Å²) in [6, 6.07) is 23.7. The molecule has 22 nitrogen and oxygen atoms in total. The van der Waals surface area contributed by atoms with Crippen LogP contribution in [0.3, 0.4) is 0 Å². The number of nitrogens with one attached hydrogen (secondary N) is 8. The second kappa shape index (κ2) is 43.9. The molecule has 0 aliphatic rings. The fourth-order valence-electron chi connectivity index (χ4n) is 9.73. The third-order valence-electron chi connectivity index (χ3n) is 15.0. The number of alkyl carbamates (subject to hydrolysis) is 2. The molecule has 4 aromatic rings. The zero-order valence-electron chi connectivity index (χ0n) is 53.5. The molecule has 8 amide bonds. The maximum atomic E-state index is 14.9. The molecule has 0 aliphatic heterocycles. The number of carbonyl (C=O) groups excluding carboxylic acids is 8. The van der Waals surface area contributed by atoms with Gasteiger partial charge in [-0.3, -0.25) is 28.8 Å². The van der Waals surface area contributed by atoms with Crippen molar-refractivity contribution in [2.75, 3.05) is 19.6 Å². The van der Waals surface area contributed by atoms with Gasteiger partial charge in [-0.2, -0.15) is 0 Å². The van der Waals surface area contributed by atoms with Crippen LogP contribution in [-0.2, 0) is 74.0 Å². The lowest BCUT2D eigenvalue weighted by Gasteiger charge is -2.29. The van der Waals surface area contributed by atoms with E-state index in [1.54, 1.807) is 78.9 Å². The predicted octanol–water partition coefficient (Wildman–Crippen LogP) is 8.86. The van der Waals surface area contributed by atoms with Crippen LogP contribution in [0.4, 0.5) is 9.59 Å². The van der Waals surface area contributed by atoms with Crippen LogP contribution in [0.2, 0.25) is 10.0 Å². The summed E-state index contributed by atoms with van der Waals surface area (Å²) in [5, 5.41) is 33.5. The molecular formula is C68H95Cl2N9O13. The maximum absolute atomic E-state index is 14.9. The van der Waals surface area contributed by atoms with E-state index in [0.29, 0.717) is 60.7 Å². The molecule has 0 spiro atoms. The lowest BCUT2D eigenvalue weighted by atomic mass is 9.99. The number of carbonyl (C=O) groups is 9. The van der Waals surface area contributed by atoms with Crippen molar-refractivity contribution >= 4 is 76.8 Å². The lowest BCUT2D eigenvalue weighted by Crippen LogP contribution is -2.60. The van der Waals surface area contributed by atoms with Crippen molar-refractivity contribution in [3.63, 3.8) is 0 Å². The monoisotopic (exact) mass is 1320 g/mol. The number of aliphatic carboxylic acids is 1. The van der Waals surface area contributed by atoms with Gasteiger partial charge in [-0.1, -0.05) is 155 Å². The van der Waals surface area contributed by atoms with Gasteiger partial charge >= 0.3 is 18.2 Å². The normalized spacial score (nSPS) is 13.3. The van der Waals surface area contributed by atoms with Crippen LogP contribution in [0.1, 0.15) is 153 Å². The van der Waals surface area contributed by atoms with Crippen molar-refractivity contribution in [2.45, 2.75) is 199 Å². The van der Waals surface area contributed by atoms with Crippen molar-refractivity contribution in [1.82, 2.24) is 42.5 Å². The largest absolute Gasteiger partial charge is 0.480 e. The lowest BCUT2D eigenvalue weighted by molar-refractivity contribution is -0.147. The summed E-state index contributed by atoms with van der Waals surface area (Å²) in [7, 11) is 0. The number of hydrogen-bond acceptors (Lipinski definition) is 13. The van der Waals surface area contributed by atoms with Crippen LogP contribution in [0, 0.1) is 5.92 Å². The third kappa shape index (κ3) is 31.5. The van der Waals surface area contributed by atoms with Gasteiger partial charge in [0, 0.05) is 36.0 Å². The van der Waals surface area contributed by atoms with Gasteiger partial charge < -0.3 is 67.6 Å². The molecule has 504 valence electrons. The molecule has 0 aromatic heterocycles. The van der Waals surface area contributed by atoms with Crippen molar-refractivity contribution in [1.29, 1.82) is 0 Å². The van der Waals surface area contributed by atoms with Crippen LogP contribution >= 0.6 is 23.2 Å². The second-order valence-corrected chi connectivity index (χ2v) is 24.1. The van der Waals surface area contributed by atoms with E-state index in [-0.39, 0.29) is 89.7 Å². The van der Waals surface area contributed by atoms with Gasteiger partial charge in [-0.15, -0.1) is 0 Å². The molecule has 24 heteroatoms. The summed E-state index contributed by atoms with van der Waals surface area (Å²) in [5.74, 6) is -5.67. The van der Waals surface area contributed by atoms with Gasteiger partial charge in [0.25, 0.3) is 0 Å². The first-order valence-corrected chi connectivity index (χ1v) is 32.7. The number of rotatable bonds is 44. The molecule has 4 aromatic carbocycles. The molecule has 7 atom stereocenters. The van der Waals surface area contributed by atoms with Crippen LogP contribution in [0.15, 0.2) is 109 Å². The molecule has 0 unspecified atom stereocenters. The van der Waals surface area contributed by atoms with Gasteiger partial charge in [-0.25, -0.2) is 14.4 Å². The summed E-state index contributed by atoms with van der Waals surface area (Å²) < 4.78 is 16.6. The fraction of sp³-hybridized carbons (Fsp3) is 0.515. The molecule has 11 N–H and O–H groups in total. The molecule has 0 aliphatic carbocycles. The van der Waals surface area contributed by atoms with E-state index >= 15 is 0 Å². The first-order valence-electron chi connectivity index (χ1n) is 32.0. The van der Waals surface area contributed by atoms with Crippen LogP contribution < -0.4 is 48.3 Å². The number of carboxylic acids is 1. The van der Waals surface area contributed by atoms with Gasteiger partial charge in [-0.05, 0) is 137 Å². The molecule has 0 radical (unpaired) electrons. The number of unbranched alkanes of at least 4 members (excludes halogenated alkanes) is 7. The number of hydrogen-bond donors (Lipinski definition) is 10. The van der Waals surface area contributed by atoms with Crippen molar-refractivity contribution < 1.29 is 62.5 Å². The molecular weight excluding hydrogens is 1220 g/mol. The molecule has 4 rings (SSSR count). The summed E-state index contributed by atoms with van der Waals surface area (Å²) in [6.45, 7) is 7.95. The Morgan fingerprint density at radius 3 is 1.38 bits per heavy atom. The number of amides is 8. The highest BCUT2D eigenvalue weighted by atomic mass is 35.5. The first-order chi connectivity index (χ1) is 44.2. The summed E-state index contributed by atoms with van der Waals surface area (Å²) >= 11 is 12.0. The minimum Gasteiger partial charge on any atom is -0.480 e. The minimum atomic E-state index is -1.55. The maximum Gasteiger partial charge on any atom is 0.407 e. The van der Waals surface area contributed by atoms with E-state index in [1.165, 1.54) is 6.92 Å². The Kier molecular flexibility index (Phi) is 36.6. The Morgan fingerprint density at radius 2 is 0.891 bits per heavy atom. The summed E-state index contributed by atoms with van der Waals surface area (Å²) in [5.41, 5.74) is 8.68. The van der Waals surface area contributed by atoms with Crippen LogP contribution in [-0.4, -0.2) is 121 Å². The highest BCUT2D eigenvalue weighted by Crippen LogP contribution is 2.16. The second-order valence-electron chi connectivity index (χ2n) is 23.2. The number of carboxylic acid groups (broad SMARTS) is 1. The summed E-state index contributed by atoms with van der Waals surface area (Å²) in [6.07, 6.45) is 4.89. The Bertz CT molecular complexity index is 2880. The van der Waals surface area contributed by atoms with E-state index in [0.717, 1.165) is 42.4 Å². The molecule has 0 heterocycles. The third-order valence-corrected chi connectivity index (χ3v) is 15.5. The Labute approximate surface area is 551 Å². The van der Waals surface area contributed by atoms with E-state index in [1.807, 2.05) is 44.2 Å². The minimum absolute atomic E-state index is 0.00612. The Balaban J connectivity index is 1.58. The van der Waals surface area contributed by atoms with Gasteiger partial charge in [0.05, 0.1) is 12.7 Å². The average Bonchev–Trinajstić information content (AvgIpc) is 1.78. The van der Waals surface area contributed by atoms with Gasteiger partial charge in [0.15, 0.2) is 6.04 Å². The molecule has 0 bridgehead atoms. The number of halogens is 2. The SMILES string of the molecule is CCCCCCCC(=O)N[C@@H](CCCCN)C(=O)N[C@@H](CCCCNC(=O)OCc1ccc(Cl)cc1)C(=O)N[C@H](Cc1ccccc1)C(=O)N[C@@H](CC(C)C)C(=O)N[C@@H](CCCCNC(=O)OCc1ccc(Cl)cc1)C(=O)N[C@H](C(=O)O)[C@@H](C)OCc1ccccc1. The summed E-state index contributed by atoms with van der Waals surface area (Å²) in [4.78, 5) is 124. The zero-order valence-corrected chi connectivity index (χ0v) is 55.0.